The summed E-state index contributed by atoms with van der Waals surface area (Å²) in [5.41, 5.74) is 4.76. The highest BCUT2D eigenvalue weighted by Gasteiger charge is 2.29. The van der Waals surface area contributed by atoms with E-state index in [-0.39, 0.29) is 5.66 Å². The van der Waals surface area contributed by atoms with Crippen LogP contribution in [0, 0.1) is 0 Å². The number of nitrogens with zero attached hydrogens (tertiary/aromatic N) is 2. The SMILES string of the molecule is CC(C)(n1c2ccccc2c2ccccc21)n1c2ccccc2c2ccccc21. The third-order valence-corrected chi connectivity index (χ3v) is 6.25. The maximum Gasteiger partial charge on any atom is 0.116 e. The Hall–Kier alpha value is -3.52. The fourth-order valence-corrected chi connectivity index (χ4v) is 5.12. The number of rotatable bonds is 2. The number of para-hydroxylation sites is 4. The summed E-state index contributed by atoms with van der Waals surface area (Å²) in [6, 6.07) is 35.0. The molecule has 0 radical (unpaired) electrons. The fraction of sp³-hybridized carbons (Fsp3) is 0.111. The summed E-state index contributed by atoms with van der Waals surface area (Å²) < 4.78 is 4.99. The molecule has 0 bridgehead atoms. The van der Waals surface area contributed by atoms with E-state index in [1.54, 1.807) is 0 Å². The second-order valence-electron chi connectivity index (χ2n) is 8.23. The van der Waals surface area contributed by atoms with Gasteiger partial charge in [-0.25, -0.2) is 0 Å². The van der Waals surface area contributed by atoms with E-state index in [9.17, 15) is 0 Å². The van der Waals surface area contributed by atoms with Crippen LogP contribution in [0.25, 0.3) is 43.6 Å². The van der Waals surface area contributed by atoms with Gasteiger partial charge < -0.3 is 9.13 Å². The van der Waals surface area contributed by atoms with E-state index in [2.05, 4.69) is 120 Å². The second-order valence-corrected chi connectivity index (χ2v) is 8.23. The molecule has 0 aliphatic heterocycles. The van der Waals surface area contributed by atoms with Crippen molar-refractivity contribution in [2.24, 2.45) is 0 Å². The maximum atomic E-state index is 2.50. The van der Waals surface area contributed by atoms with E-state index in [0.717, 1.165) is 0 Å². The molecular formula is C27H22N2. The molecule has 2 aromatic heterocycles. The zero-order valence-electron chi connectivity index (χ0n) is 16.6. The third-order valence-electron chi connectivity index (χ3n) is 6.25. The molecule has 2 heteroatoms. The van der Waals surface area contributed by atoms with E-state index >= 15 is 0 Å². The minimum atomic E-state index is -0.300. The standard InChI is InChI=1S/C27H22N2/c1-27(2,28-23-15-7-3-11-19(23)20-12-4-8-16-24(20)28)29-25-17-9-5-13-21(25)22-14-6-10-18-26(22)29/h3-18H,1-2H3. The lowest BCUT2D eigenvalue weighted by atomic mass is 10.2. The fourth-order valence-electron chi connectivity index (χ4n) is 5.12. The largest absolute Gasteiger partial charge is 0.317 e. The highest BCUT2D eigenvalue weighted by molar-refractivity contribution is 6.10. The molecule has 0 amide bonds. The van der Waals surface area contributed by atoms with Crippen LogP contribution >= 0.6 is 0 Å². The van der Waals surface area contributed by atoms with Crippen molar-refractivity contribution in [1.29, 1.82) is 0 Å². The molecule has 0 fully saturated rings. The topological polar surface area (TPSA) is 9.86 Å². The van der Waals surface area contributed by atoms with Crippen molar-refractivity contribution < 1.29 is 0 Å². The lowest BCUT2D eigenvalue weighted by Gasteiger charge is -2.33. The van der Waals surface area contributed by atoms with Gasteiger partial charge in [0, 0.05) is 21.5 Å². The molecule has 0 saturated carbocycles. The molecule has 29 heavy (non-hydrogen) atoms. The van der Waals surface area contributed by atoms with Gasteiger partial charge in [-0.3, -0.25) is 0 Å². The summed E-state index contributed by atoms with van der Waals surface area (Å²) in [5, 5.41) is 5.21. The van der Waals surface area contributed by atoms with Crippen LogP contribution in [0.4, 0.5) is 0 Å². The number of hydrogen-bond donors (Lipinski definition) is 0. The van der Waals surface area contributed by atoms with Gasteiger partial charge in [-0.1, -0.05) is 72.8 Å². The van der Waals surface area contributed by atoms with Crippen molar-refractivity contribution in [2.75, 3.05) is 0 Å². The summed E-state index contributed by atoms with van der Waals surface area (Å²) in [5.74, 6) is 0. The first-order valence-electron chi connectivity index (χ1n) is 10.2. The zero-order chi connectivity index (χ0) is 19.6. The molecule has 0 unspecified atom stereocenters. The predicted molar refractivity (Wildman–Crippen MR) is 124 cm³/mol. The van der Waals surface area contributed by atoms with Gasteiger partial charge in [0.05, 0.1) is 22.1 Å². The van der Waals surface area contributed by atoms with Crippen LogP contribution in [0.1, 0.15) is 13.8 Å². The van der Waals surface area contributed by atoms with Gasteiger partial charge in [0.2, 0.25) is 0 Å². The van der Waals surface area contributed by atoms with E-state index in [0.29, 0.717) is 0 Å². The zero-order valence-corrected chi connectivity index (χ0v) is 16.6. The van der Waals surface area contributed by atoms with Crippen LogP contribution in [0.3, 0.4) is 0 Å². The van der Waals surface area contributed by atoms with Gasteiger partial charge in [0.15, 0.2) is 0 Å². The number of fused-ring (bicyclic) bond motifs is 6. The first-order valence-corrected chi connectivity index (χ1v) is 10.2. The lowest BCUT2D eigenvalue weighted by Crippen LogP contribution is -2.34. The van der Waals surface area contributed by atoms with Gasteiger partial charge >= 0.3 is 0 Å². The van der Waals surface area contributed by atoms with Crippen molar-refractivity contribution in [3.63, 3.8) is 0 Å². The molecule has 2 nitrogen and oxygen atoms in total. The van der Waals surface area contributed by atoms with Crippen molar-refractivity contribution in [3.8, 4) is 0 Å². The van der Waals surface area contributed by atoms with Crippen LogP contribution in [-0.4, -0.2) is 9.13 Å². The van der Waals surface area contributed by atoms with E-state index in [1.807, 2.05) is 0 Å². The van der Waals surface area contributed by atoms with Crippen molar-refractivity contribution >= 4 is 43.6 Å². The molecule has 140 valence electrons. The van der Waals surface area contributed by atoms with Crippen molar-refractivity contribution in [3.05, 3.63) is 97.1 Å². The van der Waals surface area contributed by atoms with Gasteiger partial charge in [0.25, 0.3) is 0 Å². The Labute approximate surface area is 169 Å². The van der Waals surface area contributed by atoms with Gasteiger partial charge in [0.1, 0.15) is 5.66 Å². The summed E-state index contributed by atoms with van der Waals surface area (Å²) in [4.78, 5) is 0. The van der Waals surface area contributed by atoms with Crippen LogP contribution in [0.5, 0.6) is 0 Å². The first-order chi connectivity index (χ1) is 14.2. The van der Waals surface area contributed by atoms with Crippen LogP contribution in [0.2, 0.25) is 0 Å². The Bertz CT molecular complexity index is 1310. The summed E-state index contributed by atoms with van der Waals surface area (Å²) in [7, 11) is 0. The molecule has 0 aliphatic carbocycles. The summed E-state index contributed by atoms with van der Waals surface area (Å²) in [6.07, 6.45) is 0. The predicted octanol–water partition coefficient (Wildman–Crippen LogP) is 7.14. The summed E-state index contributed by atoms with van der Waals surface area (Å²) >= 11 is 0. The minimum Gasteiger partial charge on any atom is -0.317 e. The Kier molecular flexibility index (Phi) is 3.25. The quantitative estimate of drug-likeness (QED) is 0.305. The van der Waals surface area contributed by atoms with Crippen LogP contribution in [0.15, 0.2) is 97.1 Å². The van der Waals surface area contributed by atoms with Gasteiger partial charge in [-0.05, 0) is 38.1 Å². The molecular weight excluding hydrogens is 352 g/mol. The number of hydrogen-bond acceptors (Lipinski definition) is 0. The second kappa shape index (κ2) is 5.74. The van der Waals surface area contributed by atoms with Gasteiger partial charge in [-0.15, -0.1) is 0 Å². The Morgan fingerprint density at radius 2 is 0.655 bits per heavy atom. The monoisotopic (exact) mass is 374 g/mol. The highest BCUT2D eigenvalue weighted by Crippen LogP contribution is 2.39. The average Bonchev–Trinajstić information content (AvgIpc) is 3.28. The summed E-state index contributed by atoms with van der Waals surface area (Å²) in [6.45, 7) is 4.65. The Morgan fingerprint density at radius 3 is 0.931 bits per heavy atom. The highest BCUT2D eigenvalue weighted by atomic mass is 15.3. The Morgan fingerprint density at radius 1 is 0.414 bits per heavy atom. The third kappa shape index (κ3) is 2.11. The molecule has 0 N–H and O–H groups in total. The molecule has 0 atom stereocenters. The number of aromatic nitrogens is 2. The van der Waals surface area contributed by atoms with E-state index in [1.165, 1.54) is 43.6 Å². The Balaban J connectivity index is 1.81. The van der Waals surface area contributed by atoms with Crippen LogP contribution in [-0.2, 0) is 5.66 Å². The molecule has 0 saturated heterocycles. The molecule has 2 heterocycles. The molecule has 4 aromatic carbocycles. The molecule has 6 rings (SSSR count). The first kappa shape index (κ1) is 16.4. The maximum absolute atomic E-state index is 2.50. The number of benzene rings is 4. The van der Waals surface area contributed by atoms with E-state index < -0.39 is 0 Å². The van der Waals surface area contributed by atoms with Crippen molar-refractivity contribution in [1.82, 2.24) is 9.13 Å². The van der Waals surface area contributed by atoms with Gasteiger partial charge in [-0.2, -0.15) is 0 Å². The molecule has 0 spiro atoms. The minimum absolute atomic E-state index is 0.300. The molecule has 0 aliphatic rings. The molecule has 6 aromatic rings. The normalized spacial score (nSPS) is 12.5. The van der Waals surface area contributed by atoms with Crippen molar-refractivity contribution in [2.45, 2.75) is 19.5 Å². The lowest BCUT2D eigenvalue weighted by molar-refractivity contribution is 0.330. The van der Waals surface area contributed by atoms with E-state index in [4.69, 9.17) is 0 Å². The smallest absolute Gasteiger partial charge is 0.116 e. The average molecular weight is 374 g/mol. The van der Waals surface area contributed by atoms with Crippen LogP contribution < -0.4 is 0 Å².